The van der Waals surface area contributed by atoms with Crippen LogP contribution in [0.15, 0.2) is 24.3 Å². The summed E-state index contributed by atoms with van der Waals surface area (Å²) in [5.41, 5.74) is 1.02. The molecule has 1 aliphatic heterocycles. The summed E-state index contributed by atoms with van der Waals surface area (Å²) in [5, 5.41) is 13.4. The maximum Gasteiger partial charge on any atom is 0.242 e. The van der Waals surface area contributed by atoms with Crippen molar-refractivity contribution < 1.29 is 9.90 Å². The molecule has 0 saturated carbocycles. The van der Waals surface area contributed by atoms with Gasteiger partial charge in [0.25, 0.3) is 0 Å². The predicted molar refractivity (Wildman–Crippen MR) is 66.4 cm³/mol. The molecule has 0 radical (unpaired) electrons. The highest BCUT2D eigenvalue weighted by atomic mass is 16.3. The minimum Gasteiger partial charge on any atom is -0.386 e. The van der Waals surface area contributed by atoms with E-state index < -0.39 is 5.60 Å². The molecule has 0 spiro atoms. The van der Waals surface area contributed by atoms with Crippen molar-refractivity contribution >= 4 is 11.6 Å². The number of carbonyl (C=O) groups excluding carboxylic acids is 1. The fourth-order valence-electron chi connectivity index (χ4n) is 1.99. The fourth-order valence-corrected chi connectivity index (χ4v) is 1.99. The summed E-state index contributed by atoms with van der Waals surface area (Å²) in [6, 6.07) is 7.66. The minimum atomic E-state index is -0.828. The van der Waals surface area contributed by atoms with Gasteiger partial charge < -0.3 is 5.11 Å². The Hall–Kier alpha value is -1.55. The van der Waals surface area contributed by atoms with Crippen LogP contribution < -0.4 is 5.01 Å². The molecule has 0 unspecified atom stereocenters. The summed E-state index contributed by atoms with van der Waals surface area (Å²) in [5.74, 6) is 0.136. The predicted octanol–water partition coefficient (Wildman–Crippen LogP) is 1.50. The zero-order valence-corrected chi connectivity index (χ0v) is 10.5. The molecule has 92 valence electrons. The van der Waals surface area contributed by atoms with Crippen molar-refractivity contribution in [2.75, 3.05) is 18.6 Å². The number of nitrogens with zero attached hydrogens (tertiary/aromatic N) is 2. The third kappa shape index (κ3) is 2.26. The van der Waals surface area contributed by atoms with Crippen LogP contribution in [0.2, 0.25) is 0 Å². The van der Waals surface area contributed by atoms with Crippen LogP contribution in [0.3, 0.4) is 0 Å². The van der Waals surface area contributed by atoms with Crippen molar-refractivity contribution in [1.29, 1.82) is 0 Å². The Morgan fingerprint density at radius 1 is 1.24 bits per heavy atom. The Kier molecular flexibility index (Phi) is 2.83. The molecule has 1 aliphatic rings. The van der Waals surface area contributed by atoms with E-state index >= 15 is 0 Å². The topological polar surface area (TPSA) is 43.8 Å². The summed E-state index contributed by atoms with van der Waals surface area (Å²) in [4.78, 5) is 11.4. The summed E-state index contributed by atoms with van der Waals surface area (Å²) >= 11 is 0. The van der Waals surface area contributed by atoms with Gasteiger partial charge in [0.15, 0.2) is 0 Å². The zero-order chi connectivity index (χ0) is 12.6. The molecule has 2 rings (SSSR count). The summed E-state index contributed by atoms with van der Waals surface area (Å²) in [7, 11) is 1.78. The van der Waals surface area contributed by atoms with Gasteiger partial charge in [0.05, 0.1) is 11.3 Å². The molecule has 4 nitrogen and oxygen atoms in total. The maximum absolute atomic E-state index is 11.4. The first-order chi connectivity index (χ1) is 7.89. The van der Waals surface area contributed by atoms with Gasteiger partial charge in [-0.2, -0.15) is 0 Å². The number of amides is 1. The van der Waals surface area contributed by atoms with E-state index in [0.29, 0.717) is 6.42 Å². The van der Waals surface area contributed by atoms with Gasteiger partial charge in [-0.25, -0.2) is 0 Å². The van der Waals surface area contributed by atoms with Crippen molar-refractivity contribution in [2.24, 2.45) is 0 Å². The minimum absolute atomic E-state index is 0.136. The van der Waals surface area contributed by atoms with Crippen LogP contribution in [0.5, 0.6) is 0 Å². The van der Waals surface area contributed by atoms with Crippen molar-refractivity contribution in [2.45, 2.75) is 25.9 Å². The maximum atomic E-state index is 11.4. The summed E-state index contributed by atoms with van der Waals surface area (Å²) < 4.78 is 0. The van der Waals surface area contributed by atoms with E-state index in [1.54, 1.807) is 25.9 Å². The van der Waals surface area contributed by atoms with Crippen LogP contribution in [0.1, 0.15) is 25.8 Å². The Morgan fingerprint density at radius 2 is 1.82 bits per heavy atom. The second kappa shape index (κ2) is 4.04. The number of anilines is 1. The van der Waals surface area contributed by atoms with Crippen LogP contribution in [0, 0.1) is 0 Å². The van der Waals surface area contributed by atoms with Gasteiger partial charge in [0.2, 0.25) is 5.91 Å². The monoisotopic (exact) mass is 234 g/mol. The lowest BCUT2D eigenvalue weighted by atomic mass is 9.98. The van der Waals surface area contributed by atoms with E-state index in [2.05, 4.69) is 0 Å². The molecular formula is C13H18N2O2. The lowest BCUT2D eigenvalue weighted by Gasteiger charge is -2.27. The quantitative estimate of drug-likeness (QED) is 0.843. The van der Waals surface area contributed by atoms with E-state index in [4.69, 9.17) is 0 Å². The molecule has 0 atom stereocenters. The number of benzene rings is 1. The summed E-state index contributed by atoms with van der Waals surface area (Å²) in [6.45, 7) is 4.23. The van der Waals surface area contributed by atoms with Crippen LogP contribution in [-0.2, 0) is 10.4 Å². The molecule has 1 aromatic carbocycles. The van der Waals surface area contributed by atoms with E-state index in [9.17, 15) is 9.90 Å². The highest BCUT2D eigenvalue weighted by Gasteiger charge is 2.25. The highest BCUT2D eigenvalue weighted by molar-refractivity contribution is 5.81. The molecule has 1 fully saturated rings. The first-order valence-electron chi connectivity index (χ1n) is 5.76. The van der Waals surface area contributed by atoms with E-state index in [-0.39, 0.29) is 5.91 Å². The highest BCUT2D eigenvalue weighted by Crippen LogP contribution is 2.25. The third-order valence-corrected chi connectivity index (χ3v) is 3.13. The number of hydrogen-bond donors (Lipinski definition) is 1. The molecule has 1 heterocycles. The first-order valence-corrected chi connectivity index (χ1v) is 5.76. The molecule has 0 aromatic heterocycles. The van der Waals surface area contributed by atoms with Gasteiger partial charge in [0.1, 0.15) is 0 Å². The Balaban J connectivity index is 2.22. The van der Waals surface area contributed by atoms with Gasteiger partial charge in [-0.1, -0.05) is 12.1 Å². The summed E-state index contributed by atoms with van der Waals surface area (Å²) in [6.07, 6.45) is 0.559. The van der Waals surface area contributed by atoms with Crippen LogP contribution >= 0.6 is 0 Å². The molecule has 0 aliphatic carbocycles. The van der Waals surface area contributed by atoms with E-state index in [1.165, 1.54) is 0 Å². The Bertz CT molecular complexity index is 420. The van der Waals surface area contributed by atoms with Gasteiger partial charge in [-0.3, -0.25) is 14.8 Å². The van der Waals surface area contributed by atoms with Gasteiger partial charge in [-0.05, 0) is 31.5 Å². The van der Waals surface area contributed by atoms with Crippen molar-refractivity contribution in [3.8, 4) is 0 Å². The smallest absolute Gasteiger partial charge is 0.242 e. The van der Waals surface area contributed by atoms with E-state index in [0.717, 1.165) is 17.8 Å². The molecule has 1 saturated heterocycles. The largest absolute Gasteiger partial charge is 0.386 e. The van der Waals surface area contributed by atoms with Gasteiger partial charge >= 0.3 is 0 Å². The van der Waals surface area contributed by atoms with Crippen LogP contribution in [0.4, 0.5) is 5.69 Å². The molecular weight excluding hydrogens is 216 g/mol. The molecule has 1 aromatic rings. The molecule has 4 heteroatoms. The second-order valence-corrected chi connectivity index (χ2v) is 4.90. The van der Waals surface area contributed by atoms with Crippen LogP contribution in [0.25, 0.3) is 0 Å². The average molecular weight is 234 g/mol. The van der Waals surface area contributed by atoms with Crippen molar-refractivity contribution in [3.05, 3.63) is 29.8 Å². The van der Waals surface area contributed by atoms with Crippen LogP contribution in [-0.4, -0.2) is 29.6 Å². The number of rotatable bonds is 2. The number of aliphatic hydroxyl groups is 1. The molecule has 17 heavy (non-hydrogen) atoms. The second-order valence-electron chi connectivity index (χ2n) is 4.90. The zero-order valence-electron chi connectivity index (χ0n) is 10.5. The van der Waals surface area contributed by atoms with Gasteiger partial charge in [0, 0.05) is 20.0 Å². The van der Waals surface area contributed by atoms with E-state index in [1.807, 2.05) is 29.3 Å². The third-order valence-electron chi connectivity index (χ3n) is 3.13. The molecule has 1 amide bonds. The molecule has 1 N–H and O–H groups in total. The lowest BCUT2D eigenvalue weighted by Crippen LogP contribution is -2.35. The Labute approximate surface area is 101 Å². The first kappa shape index (κ1) is 11.9. The lowest BCUT2D eigenvalue weighted by molar-refractivity contribution is -0.126. The Morgan fingerprint density at radius 3 is 2.24 bits per heavy atom. The normalized spacial score (nSPS) is 16.8. The fraction of sp³-hybridized carbons (Fsp3) is 0.462. The van der Waals surface area contributed by atoms with Gasteiger partial charge in [-0.15, -0.1) is 0 Å². The molecule has 0 bridgehead atoms. The number of hydrogen-bond acceptors (Lipinski definition) is 3. The van der Waals surface area contributed by atoms with Crippen molar-refractivity contribution in [3.63, 3.8) is 0 Å². The number of hydrazine groups is 1. The van der Waals surface area contributed by atoms with Crippen molar-refractivity contribution in [1.82, 2.24) is 5.01 Å². The SMILES string of the molecule is CN1C(=O)CCN1c1ccc(C(C)(C)O)cc1. The number of carbonyl (C=O) groups is 1. The standard InChI is InChI=1S/C13H18N2O2/c1-13(2,17)10-4-6-11(7-5-10)15-9-8-12(16)14(15)3/h4-7,17H,8-9H2,1-3H3. The average Bonchev–Trinajstić information content (AvgIpc) is 2.59.